The summed E-state index contributed by atoms with van der Waals surface area (Å²) in [6.07, 6.45) is 11.4. The van der Waals surface area contributed by atoms with Crippen molar-refractivity contribution in [1.82, 2.24) is 10.3 Å². The second kappa shape index (κ2) is 8.64. The summed E-state index contributed by atoms with van der Waals surface area (Å²) in [5.41, 5.74) is 11.8. The summed E-state index contributed by atoms with van der Waals surface area (Å²) in [6.45, 7) is 1.94. The molecule has 0 bridgehead atoms. The molecule has 0 radical (unpaired) electrons. The highest BCUT2D eigenvalue weighted by Gasteiger charge is 2.12. The molecule has 1 heterocycles. The van der Waals surface area contributed by atoms with E-state index in [2.05, 4.69) is 27.4 Å². The molecule has 122 valence electrons. The maximum absolute atomic E-state index is 6.17. The largest absolute Gasteiger partial charge is 0.370 e. The number of aliphatic imine (C=N–C) groups is 1. The number of allylic oxidation sites excluding steroid dienone is 3. The van der Waals surface area contributed by atoms with E-state index < -0.39 is 0 Å². The molecule has 1 atom stereocenters. The van der Waals surface area contributed by atoms with Gasteiger partial charge in [0, 0.05) is 28.2 Å². The van der Waals surface area contributed by atoms with E-state index in [1.165, 1.54) is 4.90 Å². The first-order valence-electron chi connectivity index (χ1n) is 7.28. The summed E-state index contributed by atoms with van der Waals surface area (Å²) in [6, 6.07) is 4.02. The minimum absolute atomic E-state index is 0.0226. The topological polar surface area (TPSA) is 89.3 Å². The highest BCUT2D eigenvalue weighted by Crippen LogP contribution is 2.29. The number of guanidine groups is 1. The van der Waals surface area contributed by atoms with Crippen molar-refractivity contribution < 1.29 is 0 Å². The molecule has 1 aliphatic carbocycles. The first-order chi connectivity index (χ1) is 11.1. The molecule has 5 nitrogen and oxygen atoms in total. The van der Waals surface area contributed by atoms with Gasteiger partial charge in [-0.3, -0.25) is 4.98 Å². The molecule has 0 saturated carbocycles. The fraction of sp³-hybridized carbons (Fsp3) is 0.250. The van der Waals surface area contributed by atoms with Gasteiger partial charge in [0.2, 0.25) is 0 Å². The van der Waals surface area contributed by atoms with E-state index in [1.807, 2.05) is 25.1 Å². The molecular weight excluding hydrogens is 330 g/mol. The van der Waals surface area contributed by atoms with Gasteiger partial charge < -0.3 is 16.8 Å². The van der Waals surface area contributed by atoms with Crippen molar-refractivity contribution >= 4 is 29.3 Å². The fourth-order valence-corrected chi connectivity index (χ4v) is 3.03. The number of nitrogens with one attached hydrogen (secondary N) is 1. The summed E-state index contributed by atoms with van der Waals surface area (Å²) < 4.78 is 0. The van der Waals surface area contributed by atoms with Crippen LogP contribution in [0.3, 0.4) is 0 Å². The van der Waals surface area contributed by atoms with E-state index in [4.69, 9.17) is 23.1 Å². The molecule has 1 aromatic rings. The van der Waals surface area contributed by atoms with E-state index >= 15 is 0 Å². The Balaban J connectivity index is 1.99. The number of aromatic nitrogens is 1. The van der Waals surface area contributed by atoms with Crippen molar-refractivity contribution in [2.24, 2.45) is 16.5 Å². The number of hydrogen-bond donors (Lipinski definition) is 3. The number of hydrogen-bond acceptors (Lipinski definition) is 4. The molecule has 0 aromatic carbocycles. The lowest BCUT2D eigenvalue weighted by Gasteiger charge is -2.17. The van der Waals surface area contributed by atoms with Crippen LogP contribution in [0.25, 0.3) is 0 Å². The van der Waals surface area contributed by atoms with E-state index in [0.29, 0.717) is 22.5 Å². The van der Waals surface area contributed by atoms with E-state index in [1.54, 1.807) is 24.2 Å². The van der Waals surface area contributed by atoms with Crippen molar-refractivity contribution in [2.45, 2.75) is 29.9 Å². The van der Waals surface area contributed by atoms with Crippen molar-refractivity contribution in [2.75, 3.05) is 0 Å². The molecule has 1 aliphatic rings. The lowest BCUT2D eigenvalue weighted by molar-refractivity contribution is 0.906. The Morgan fingerprint density at radius 2 is 2.17 bits per heavy atom. The quantitative estimate of drug-likeness (QED) is 0.542. The standard InChI is InChI=1S/C16H20ClN5S/c1-2-14(17)15(22-16(18)19)21-11-3-5-12(6-4-11)23-13-7-9-20-10-8-13/h3-5,7-10,12,21H,2,6H2,1H3,(H4,18,19,22)/b15-14+. The van der Waals surface area contributed by atoms with Crippen LogP contribution in [0.5, 0.6) is 0 Å². The molecule has 0 fully saturated rings. The predicted octanol–water partition coefficient (Wildman–Crippen LogP) is 3.07. The van der Waals surface area contributed by atoms with Gasteiger partial charge in [0.1, 0.15) is 5.82 Å². The van der Waals surface area contributed by atoms with Crippen LogP contribution in [0.2, 0.25) is 0 Å². The number of pyridine rings is 1. The third-order valence-corrected chi connectivity index (χ3v) is 4.71. The van der Waals surface area contributed by atoms with Gasteiger partial charge in [-0.2, -0.15) is 4.99 Å². The van der Waals surface area contributed by atoms with Crippen molar-refractivity contribution in [3.63, 3.8) is 0 Å². The van der Waals surface area contributed by atoms with E-state index in [9.17, 15) is 0 Å². The van der Waals surface area contributed by atoms with Gasteiger partial charge >= 0.3 is 0 Å². The Bertz CT molecular complexity index is 648. The van der Waals surface area contributed by atoms with E-state index in [-0.39, 0.29) is 5.96 Å². The highest BCUT2D eigenvalue weighted by molar-refractivity contribution is 8.00. The Morgan fingerprint density at radius 1 is 1.43 bits per heavy atom. The van der Waals surface area contributed by atoms with Crippen LogP contribution in [-0.4, -0.2) is 16.2 Å². The van der Waals surface area contributed by atoms with Gasteiger partial charge in [-0.1, -0.05) is 30.7 Å². The average Bonchev–Trinajstić information content (AvgIpc) is 2.56. The lowest BCUT2D eigenvalue weighted by atomic mass is 10.1. The SMILES string of the molecule is CC/C(Cl)=C(\N=C(N)N)NC1=CCC(Sc2ccncc2)C=C1. The zero-order valence-corrected chi connectivity index (χ0v) is 14.4. The molecular formula is C16H20ClN5S. The number of halogens is 1. The van der Waals surface area contributed by atoms with Crippen LogP contribution >= 0.6 is 23.4 Å². The van der Waals surface area contributed by atoms with Crippen molar-refractivity contribution in [3.05, 3.63) is 59.3 Å². The number of nitrogens with two attached hydrogens (primary N) is 2. The smallest absolute Gasteiger partial charge is 0.192 e. The normalized spacial score (nSPS) is 18.0. The summed E-state index contributed by atoms with van der Waals surface area (Å²) in [4.78, 5) is 9.28. The lowest BCUT2D eigenvalue weighted by Crippen LogP contribution is -2.25. The highest BCUT2D eigenvalue weighted by atomic mass is 35.5. The van der Waals surface area contributed by atoms with Crippen LogP contribution in [0.4, 0.5) is 0 Å². The van der Waals surface area contributed by atoms with E-state index in [0.717, 1.165) is 12.1 Å². The molecule has 0 saturated heterocycles. The third kappa shape index (κ3) is 5.65. The number of rotatable bonds is 6. The summed E-state index contributed by atoms with van der Waals surface area (Å²) >= 11 is 7.97. The minimum Gasteiger partial charge on any atom is -0.370 e. The molecule has 5 N–H and O–H groups in total. The average molecular weight is 350 g/mol. The van der Waals surface area contributed by atoms with Crippen LogP contribution in [0.1, 0.15) is 19.8 Å². The molecule has 23 heavy (non-hydrogen) atoms. The van der Waals surface area contributed by atoms with Crippen LogP contribution in [0.15, 0.2) is 69.2 Å². The van der Waals surface area contributed by atoms with Gasteiger partial charge in [0.05, 0.1) is 5.03 Å². The van der Waals surface area contributed by atoms with Crippen molar-refractivity contribution in [3.8, 4) is 0 Å². The van der Waals surface area contributed by atoms with Crippen molar-refractivity contribution in [1.29, 1.82) is 0 Å². The second-order valence-electron chi connectivity index (χ2n) is 4.86. The Morgan fingerprint density at radius 3 is 2.74 bits per heavy atom. The Hall–Kier alpha value is -1.92. The van der Waals surface area contributed by atoms with Gasteiger partial charge in [-0.15, -0.1) is 11.8 Å². The minimum atomic E-state index is -0.0226. The fourth-order valence-electron chi connectivity index (χ4n) is 1.96. The second-order valence-corrected chi connectivity index (χ2v) is 6.63. The Labute approximate surface area is 145 Å². The monoisotopic (exact) mass is 349 g/mol. The molecule has 7 heteroatoms. The first-order valence-corrected chi connectivity index (χ1v) is 8.54. The van der Waals surface area contributed by atoms with Gasteiger partial charge in [0.15, 0.2) is 5.96 Å². The Kier molecular flexibility index (Phi) is 6.55. The van der Waals surface area contributed by atoms with Gasteiger partial charge in [-0.25, -0.2) is 0 Å². The molecule has 2 rings (SSSR count). The number of thioether (sulfide) groups is 1. The zero-order chi connectivity index (χ0) is 16.7. The van der Waals surface area contributed by atoms with Crippen LogP contribution < -0.4 is 16.8 Å². The van der Waals surface area contributed by atoms with Gasteiger partial charge in [0.25, 0.3) is 0 Å². The molecule has 0 amide bonds. The summed E-state index contributed by atoms with van der Waals surface area (Å²) in [5, 5.41) is 4.15. The first kappa shape index (κ1) is 17.4. The summed E-state index contributed by atoms with van der Waals surface area (Å²) in [5.74, 6) is 0.468. The van der Waals surface area contributed by atoms with Crippen LogP contribution in [-0.2, 0) is 0 Å². The maximum atomic E-state index is 6.17. The molecule has 0 aliphatic heterocycles. The molecule has 0 spiro atoms. The third-order valence-electron chi connectivity index (χ3n) is 3.07. The zero-order valence-electron chi connectivity index (χ0n) is 12.9. The maximum Gasteiger partial charge on any atom is 0.192 e. The molecule has 1 unspecified atom stereocenters. The predicted molar refractivity (Wildman–Crippen MR) is 97.8 cm³/mol. The molecule has 1 aromatic heterocycles. The number of nitrogens with zero attached hydrogens (tertiary/aromatic N) is 2. The van der Waals surface area contributed by atoms with Gasteiger partial charge in [-0.05, 0) is 31.1 Å². The summed E-state index contributed by atoms with van der Waals surface area (Å²) in [7, 11) is 0. The van der Waals surface area contributed by atoms with Crippen LogP contribution in [0, 0.1) is 0 Å².